The predicted molar refractivity (Wildman–Crippen MR) is 135 cm³/mol. The molecule has 1 amide bonds. The van der Waals surface area contributed by atoms with Gasteiger partial charge >= 0.3 is 12.4 Å². The summed E-state index contributed by atoms with van der Waals surface area (Å²) in [7, 11) is 0. The lowest BCUT2D eigenvalue weighted by Crippen LogP contribution is -2.53. The van der Waals surface area contributed by atoms with Crippen molar-refractivity contribution in [2.45, 2.75) is 37.3 Å². The molecule has 2 fully saturated rings. The van der Waals surface area contributed by atoms with Gasteiger partial charge in [0.1, 0.15) is 0 Å². The molecule has 0 unspecified atom stereocenters. The molecule has 6 rings (SSSR count). The number of hydrogen-bond acceptors (Lipinski definition) is 5. The van der Waals surface area contributed by atoms with Crippen LogP contribution in [-0.4, -0.2) is 50.9 Å². The second-order valence-corrected chi connectivity index (χ2v) is 10.9. The Labute approximate surface area is 222 Å². The number of hydrogen-bond donors (Lipinski definition) is 1. The van der Waals surface area contributed by atoms with E-state index in [4.69, 9.17) is 0 Å². The van der Waals surface area contributed by atoms with Gasteiger partial charge in [0, 0.05) is 30.6 Å². The van der Waals surface area contributed by atoms with E-state index >= 15 is 0 Å². The maximum Gasteiger partial charge on any atom is 0.416 e. The van der Waals surface area contributed by atoms with Crippen molar-refractivity contribution in [2.24, 2.45) is 4.99 Å². The zero-order valence-electron chi connectivity index (χ0n) is 20.2. The molecule has 2 aliphatic heterocycles. The van der Waals surface area contributed by atoms with Crippen LogP contribution in [0, 0.1) is 0 Å². The number of alkyl halides is 6. The van der Waals surface area contributed by atoms with Crippen LogP contribution in [0.4, 0.5) is 26.3 Å². The van der Waals surface area contributed by atoms with E-state index in [9.17, 15) is 31.1 Å². The van der Waals surface area contributed by atoms with Crippen molar-refractivity contribution in [2.75, 3.05) is 19.6 Å². The Morgan fingerprint density at radius 2 is 1.85 bits per heavy atom. The molecule has 0 atom stereocenters. The summed E-state index contributed by atoms with van der Waals surface area (Å²) in [6, 6.07) is 6.72. The Bertz CT molecular complexity index is 1540. The molecule has 1 saturated heterocycles. The number of rotatable bonds is 3. The van der Waals surface area contributed by atoms with Gasteiger partial charge < -0.3 is 10.2 Å². The minimum atomic E-state index is -4.96. The Morgan fingerprint density at radius 3 is 2.56 bits per heavy atom. The van der Waals surface area contributed by atoms with E-state index in [0.717, 1.165) is 38.5 Å². The molecule has 1 saturated carbocycles. The first kappa shape index (κ1) is 25.9. The summed E-state index contributed by atoms with van der Waals surface area (Å²) in [4.78, 5) is 19.4. The van der Waals surface area contributed by atoms with Crippen molar-refractivity contribution in [3.8, 4) is 0 Å². The van der Waals surface area contributed by atoms with Gasteiger partial charge in [-0.05, 0) is 66.1 Å². The number of fused-ring (bicyclic) bond motifs is 1. The van der Waals surface area contributed by atoms with E-state index < -0.39 is 23.5 Å². The second kappa shape index (κ2) is 9.12. The molecule has 3 aromatic rings. The van der Waals surface area contributed by atoms with Crippen LogP contribution < -0.4 is 5.32 Å². The molecule has 2 aromatic carbocycles. The second-order valence-electron chi connectivity index (χ2n) is 9.93. The number of carbonyl (C=O) groups excluding carboxylic acids is 1. The minimum Gasteiger partial charge on any atom is -0.348 e. The Hall–Kier alpha value is -3.32. The molecular formula is C26H21F6N5OS. The van der Waals surface area contributed by atoms with Crippen LogP contribution in [0.5, 0.6) is 0 Å². The molecule has 39 heavy (non-hydrogen) atoms. The van der Waals surface area contributed by atoms with Crippen LogP contribution in [0.3, 0.4) is 0 Å². The van der Waals surface area contributed by atoms with Crippen LogP contribution in [0.15, 0.2) is 52.5 Å². The highest BCUT2D eigenvalue weighted by Gasteiger charge is 2.47. The van der Waals surface area contributed by atoms with Crippen molar-refractivity contribution >= 4 is 39.8 Å². The van der Waals surface area contributed by atoms with Gasteiger partial charge in [0.15, 0.2) is 5.17 Å². The highest BCUT2D eigenvalue weighted by Crippen LogP contribution is 2.40. The molecular weight excluding hydrogens is 544 g/mol. The molecule has 1 N–H and O–H groups in total. The van der Waals surface area contributed by atoms with Gasteiger partial charge in [0.05, 0.1) is 34.3 Å². The molecule has 1 spiro atoms. The number of nitrogens with one attached hydrogen (secondary N) is 1. The first-order chi connectivity index (χ1) is 18.4. The number of halogens is 6. The average molecular weight is 566 g/mol. The molecule has 6 nitrogen and oxygen atoms in total. The number of carbonyl (C=O) groups is 1. The fourth-order valence-electron chi connectivity index (χ4n) is 4.93. The third-order valence-electron chi connectivity index (χ3n) is 7.13. The topological polar surface area (TPSA) is 62.5 Å². The summed E-state index contributed by atoms with van der Waals surface area (Å²) >= 11 is 1.32. The summed E-state index contributed by atoms with van der Waals surface area (Å²) in [6.07, 6.45) is -4.44. The summed E-state index contributed by atoms with van der Waals surface area (Å²) in [6.45, 7) is 2.06. The Balaban J connectivity index is 1.22. The molecule has 3 heterocycles. The fraction of sp³-hybridized carbons (Fsp3) is 0.346. The molecule has 0 radical (unpaired) electrons. The molecule has 1 aromatic heterocycles. The number of aromatic nitrogens is 2. The van der Waals surface area contributed by atoms with Crippen LogP contribution in [0.1, 0.15) is 35.1 Å². The monoisotopic (exact) mass is 565 g/mol. The summed E-state index contributed by atoms with van der Waals surface area (Å²) in [5, 5.41) is 8.98. The van der Waals surface area contributed by atoms with Crippen molar-refractivity contribution in [1.82, 2.24) is 20.0 Å². The quantitative estimate of drug-likeness (QED) is 0.334. The van der Waals surface area contributed by atoms with E-state index in [1.54, 1.807) is 24.3 Å². The summed E-state index contributed by atoms with van der Waals surface area (Å²) in [5.74, 6) is -0.323. The number of benzene rings is 2. The van der Waals surface area contributed by atoms with Crippen LogP contribution >= 0.6 is 11.8 Å². The largest absolute Gasteiger partial charge is 0.416 e. The number of amides is 1. The first-order valence-corrected chi connectivity index (χ1v) is 13.0. The van der Waals surface area contributed by atoms with Gasteiger partial charge in [-0.1, -0.05) is 12.1 Å². The normalized spacial score (nSPS) is 20.4. The summed E-state index contributed by atoms with van der Waals surface area (Å²) in [5.41, 5.74) is -1.71. The highest BCUT2D eigenvalue weighted by atomic mass is 32.2. The molecule has 1 aliphatic carbocycles. The summed E-state index contributed by atoms with van der Waals surface area (Å²) < 4.78 is 81.1. The Morgan fingerprint density at radius 1 is 1.05 bits per heavy atom. The number of aliphatic imine (C=N–C) groups is 1. The van der Waals surface area contributed by atoms with E-state index in [1.807, 2.05) is 0 Å². The van der Waals surface area contributed by atoms with Crippen molar-refractivity contribution < 1.29 is 31.1 Å². The SMILES string of the molecule is O=C1N=C(N2CCNC3(CC3)C2)S/C1=C\c1ccc2c(cnn2Cc2ccc(C(F)(F)F)cc2C(F)(F)F)c1. The predicted octanol–water partition coefficient (Wildman–Crippen LogP) is 5.53. The maximum atomic E-state index is 13.6. The number of thioether (sulfide) groups is 1. The minimum absolute atomic E-state index is 0.128. The van der Waals surface area contributed by atoms with Gasteiger partial charge in [0.25, 0.3) is 5.91 Å². The lowest BCUT2D eigenvalue weighted by Gasteiger charge is -2.34. The molecule has 0 bridgehead atoms. The van der Waals surface area contributed by atoms with Gasteiger partial charge in [-0.3, -0.25) is 9.48 Å². The first-order valence-electron chi connectivity index (χ1n) is 12.2. The third kappa shape index (κ3) is 5.17. The fourth-order valence-corrected chi connectivity index (χ4v) is 5.87. The smallest absolute Gasteiger partial charge is 0.348 e. The zero-order valence-corrected chi connectivity index (χ0v) is 21.1. The zero-order chi connectivity index (χ0) is 27.6. The number of nitrogens with zero attached hydrogens (tertiary/aromatic N) is 4. The van der Waals surface area contributed by atoms with Gasteiger partial charge in [-0.2, -0.15) is 36.4 Å². The number of piperazine rings is 1. The van der Waals surface area contributed by atoms with Crippen LogP contribution in [-0.2, 0) is 23.7 Å². The lowest BCUT2D eigenvalue weighted by atomic mass is 10.0. The molecule has 13 heteroatoms. The number of amidine groups is 1. The standard InChI is InChI=1S/C26H21F6N5OS/c27-25(28,29)18-3-2-16(19(11-18)26(30,31)32)13-37-20-4-1-15(9-17(20)12-34-37)10-21-22(38)35-23(39-21)36-8-7-33-24(14-36)5-6-24/h1-4,9-12,33H,5-8,13-14H2/b21-10-. The van der Waals surface area contributed by atoms with Gasteiger partial charge in [0.2, 0.25) is 0 Å². The maximum absolute atomic E-state index is 13.6. The third-order valence-corrected chi connectivity index (χ3v) is 8.18. The highest BCUT2D eigenvalue weighted by molar-refractivity contribution is 8.18. The van der Waals surface area contributed by atoms with Crippen molar-refractivity contribution in [1.29, 1.82) is 0 Å². The van der Waals surface area contributed by atoms with E-state index in [2.05, 4.69) is 20.3 Å². The molecule has 3 aliphatic rings. The average Bonchev–Trinajstić information content (AvgIpc) is 3.32. The molecule has 204 valence electrons. The van der Waals surface area contributed by atoms with Crippen molar-refractivity contribution in [3.63, 3.8) is 0 Å². The van der Waals surface area contributed by atoms with Crippen LogP contribution in [0.25, 0.3) is 17.0 Å². The van der Waals surface area contributed by atoms with Crippen molar-refractivity contribution in [3.05, 3.63) is 69.8 Å². The van der Waals surface area contributed by atoms with Crippen LogP contribution in [0.2, 0.25) is 0 Å². The van der Waals surface area contributed by atoms with Gasteiger partial charge in [-0.15, -0.1) is 0 Å². The Kier molecular flexibility index (Phi) is 6.06. The van der Waals surface area contributed by atoms with E-state index in [1.165, 1.54) is 22.6 Å². The van der Waals surface area contributed by atoms with Gasteiger partial charge in [-0.25, -0.2) is 0 Å². The lowest BCUT2D eigenvalue weighted by molar-refractivity contribution is -0.143. The van der Waals surface area contributed by atoms with E-state index in [0.29, 0.717) is 32.6 Å². The van der Waals surface area contributed by atoms with E-state index in [-0.39, 0.29) is 29.6 Å².